The Morgan fingerprint density at radius 1 is 0.706 bits per heavy atom. The first-order valence-electron chi connectivity index (χ1n) is 17.0. The maximum absolute atomic E-state index is 6.48. The highest BCUT2D eigenvalue weighted by atomic mass is 16.5. The van der Waals surface area contributed by atoms with E-state index in [9.17, 15) is 0 Å². The number of nitrogens with zero attached hydrogens (tertiary/aromatic N) is 5. The number of para-hydroxylation sites is 1. The van der Waals surface area contributed by atoms with Gasteiger partial charge in [-0.05, 0) is 60.0 Å². The molecule has 0 saturated heterocycles. The zero-order chi connectivity index (χ0) is 33.9. The summed E-state index contributed by atoms with van der Waals surface area (Å²) >= 11 is 0. The van der Waals surface area contributed by atoms with Crippen LogP contribution in [0.5, 0.6) is 0 Å². The van der Waals surface area contributed by atoms with Crippen molar-refractivity contribution < 1.29 is 4.74 Å². The third-order valence-corrected chi connectivity index (χ3v) is 9.83. The Balaban J connectivity index is 1.46. The summed E-state index contributed by atoms with van der Waals surface area (Å²) in [6.07, 6.45) is 12.2. The van der Waals surface area contributed by atoms with Gasteiger partial charge < -0.3 is 14.3 Å². The van der Waals surface area contributed by atoms with Crippen LogP contribution in [0.4, 0.5) is 0 Å². The molecular formula is C44H30N6O. The van der Waals surface area contributed by atoms with Crippen LogP contribution < -0.4 is 0 Å². The predicted octanol–water partition coefficient (Wildman–Crippen LogP) is 10.1. The van der Waals surface area contributed by atoms with Crippen molar-refractivity contribution in [2.75, 3.05) is 6.61 Å². The maximum Gasteiger partial charge on any atom is 0.129 e. The van der Waals surface area contributed by atoms with E-state index in [2.05, 4.69) is 114 Å². The van der Waals surface area contributed by atoms with Crippen molar-refractivity contribution >= 4 is 49.2 Å². The maximum atomic E-state index is 6.48. The number of rotatable bonds is 5. The van der Waals surface area contributed by atoms with Crippen LogP contribution >= 0.6 is 0 Å². The highest BCUT2D eigenvalue weighted by Gasteiger charge is 2.31. The molecule has 7 heteroatoms. The van der Waals surface area contributed by atoms with E-state index in [4.69, 9.17) is 24.9 Å². The minimum atomic E-state index is 0.470. The SMILES string of the molecule is Cn1cccc1-c1c(-c2cc3ccccc3nn2)c(-c2nccc3ccccc23)c2c(-c3ccc4ccccc4n3)c[nH]c2c1C1=CC=CCO1. The standard InChI is InChI=1S/C44H30N6O/c1-50-23-10-17-36(50)40-39(35-25-29-13-4-7-16-33(29)48-49-35)42(43-30-14-5-2-11-27(30)21-22-45-43)38-31(34-20-19-28-12-3-6-15-32(28)47-34)26-46-44(38)41(40)37-18-8-9-24-51-37/h2-23,25-26,46H,24H2,1H3. The van der Waals surface area contributed by atoms with Crippen molar-refractivity contribution in [3.05, 3.63) is 152 Å². The lowest BCUT2D eigenvalue weighted by Crippen LogP contribution is -2.06. The average Bonchev–Trinajstić information content (AvgIpc) is 3.83. The number of hydrogen-bond acceptors (Lipinski definition) is 5. The van der Waals surface area contributed by atoms with Gasteiger partial charge in [-0.3, -0.25) is 4.98 Å². The Hall–Kier alpha value is -6.86. The highest BCUT2D eigenvalue weighted by molar-refractivity contribution is 6.20. The van der Waals surface area contributed by atoms with Crippen LogP contribution in [0.1, 0.15) is 5.56 Å². The molecule has 5 aromatic heterocycles. The fourth-order valence-corrected chi connectivity index (χ4v) is 7.49. The Morgan fingerprint density at radius 3 is 2.37 bits per heavy atom. The fourth-order valence-electron chi connectivity index (χ4n) is 7.49. The molecule has 7 nitrogen and oxygen atoms in total. The molecule has 4 aromatic carbocycles. The lowest BCUT2D eigenvalue weighted by Gasteiger charge is -2.24. The second-order valence-electron chi connectivity index (χ2n) is 12.8. The smallest absolute Gasteiger partial charge is 0.129 e. The van der Waals surface area contributed by atoms with Crippen LogP contribution in [0.15, 0.2) is 146 Å². The summed E-state index contributed by atoms with van der Waals surface area (Å²) < 4.78 is 8.63. The number of aryl methyl sites for hydroxylation is 1. The lowest BCUT2D eigenvalue weighted by atomic mass is 9.83. The van der Waals surface area contributed by atoms with Crippen molar-refractivity contribution in [2.24, 2.45) is 7.05 Å². The van der Waals surface area contributed by atoms with Crippen LogP contribution in [0.25, 0.3) is 94.3 Å². The van der Waals surface area contributed by atoms with E-state index in [1.807, 2.05) is 48.7 Å². The van der Waals surface area contributed by atoms with Gasteiger partial charge in [-0.1, -0.05) is 72.8 Å². The molecule has 0 saturated carbocycles. The van der Waals surface area contributed by atoms with Gasteiger partial charge in [-0.2, -0.15) is 0 Å². The minimum absolute atomic E-state index is 0.470. The highest BCUT2D eigenvalue weighted by Crippen LogP contribution is 2.52. The van der Waals surface area contributed by atoms with Gasteiger partial charge >= 0.3 is 0 Å². The van der Waals surface area contributed by atoms with E-state index < -0.39 is 0 Å². The molecule has 1 N–H and O–H groups in total. The summed E-state index contributed by atoms with van der Waals surface area (Å²) in [5.74, 6) is 0.769. The Kier molecular flexibility index (Phi) is 6.64. The molecule has 9 aromatic rings. The van der Waals surface area contributed by atoms with Crippen LogP contribution in [-0.4, -0.2) is 36.3 Å². The van der Waals surface area contributed by atoms with Crippen molar-refractivity contribution in [2.45, 2.75) is 0 Å². The summed E-state index contributed by atoms with van der Waals surface area (Å²) in [5, 5.41) is 15.0. The second-order valence-corrected chi connectivity index (χ2v) is 12.8. The van der Waals surface area contributed by atoms with Gasteiger partial charge in [0.25, 0.3) is 0 Å². The quantitative estimate of drug-likeness (QED) is 0.199. The minimum Gasteiger partial charge on any atom is -0.489 e. The van der Waals surface area contributed by atoms with Crippen LogP contribution in [0.3, 0.4) is 0 Å². The molecule has 0 amide bonds. The molecule has 0 unspecified atom stereocenters. The van der Waals surface area contributed by atoms with Gasteiger partial charge in [-0.15, -0.1) is 10.2 Å². The zero-order valence-electron chi connectivity index (χ0n) is 27.7. The molecule has 0 fully saturated rings. The number of fused-ring (bicyclic) bond motifs is 4. The number of nitrogens with one attached hydrogen (secondary N) is 1. The molecule has 1 aliphatic heterocycles. The molecule has 0 radical (unpaired) electrons. The number of aromatic amines is 1. The Bertz CT molecular complexity index is 2890. The molecular weight excluding hydrogens is 629 g/mol. The molecule has 51 heavy (non-hydrogen) atoms. The average molecular weight is 659 g/mol. The summed E-state index contributed by atoms with van der Waals surface area (Å²) in [7, 11) is 2.07. The molecule has 0 atom stereocenters. The molecule has 242 valence electrons. The molecule has 0 aliphatic carbocycles. The summed E-state index contributed by atoms with van der Waals surface area (Å²) in [6, 6.07) is 37.4. The molecule has 10 rings (SSSR count). The number of benzene rings is 4. The van der Waals surface area contributed by atoms with Gasteiger partial charge in [0.1, 0.15) is 12.4 Å². The first-order valence-corrected chi connectivity index (χ1v) is 17.0. The van der Waals surface area contributed by atoms with Crippen molar-refractivity contribution in [1.82, 2.24) is 29.7 Å². The number of hydrogen-bond donors (Lipinski definition) is 1. The summed E-state index contributed by atoms with van der Waals surface area (Å²) in [5.41, 5.74) is 10.9. The van der Waals surface area contributed by atoms with Crippen molar-refractivity contribution in [1.29, 1.82) is 0 Å². The second kappa shape index (κ2) is 11.6. The number of aromatic nitrogens is 6. The van der Waals surface area contributed by atoms with E-state index in [1.165, 1.54) is 0 Å². The first-order chi connectivity index (χ1) is 25.2. The van der Waals surface area contributed by atoms with Gasteiger partial charge in [0, 0.05) is 75.1 Å². The third-order valence-electron chi connectivity index (χ3n) is 9.83. The van der Waals surface area contributed by atoms with E-state index in [1.54, 1.807) is 0 Å². The van der Waals surface area contributed by atoms with E-state index in [0.29, 0.717) is 6.61 Å². The topological polar surface area (TPSA) is 81.5 Å². The molecule has 0 spiro atoms. The monoisotopic (exact) mass is 658 g/mol. The van der Waals surface area contributed by atoms with Gasteiger partial charge in [-0.25, -0.2) is 4.98 Å². The number of ether oxygens (including phenoxy) is 1. The number of allylic oxidation sites excluding steroid dienone is 2. The number of H-pyrrole nitrogens is 1. The van der Waals surface area contributed by atoms with Gasteiger partial charge in [0.2, 0.25) is 0 Å². The Labute approximate surface area is 293 Å². The molecule has 6 heterocycles. The summed E-state index contributed by atoms with van der Waals surface area (Å²) in [6.45, 7) is 0.470. The van der Waals surface area contributed by atoms with Crippen LogP contribution in [0.2, 0.25) is 0 Å². The van der Waals surface area contributed by atoms with E-state index >= 15 is 0 Å². The molecule has 0 bridgehead atoms. The lowest BCUT2D eigenvalue weighted by molar-refractivity contribution is 0.316. The summed E-state index contributed by atoms with van der Waals surface area (Å²) in [4.78, 5) is 14.1. The number of pyridine rings is 2. The van der Waals surface area contributed by atoms with Crippen molar-refractivity contribution in [3.63, 3.8) is 0 Å². The van der Waals surface area contributed by atoms with Crippen LogP contribution in [-0.2, 0) is 11.8 Å². The van der Waals surface area contributed by atoms with E-state index in [0.717, 1.165) is 99.8 Å². The van der Waals surface area contributed by atoms with E-state index in [-0.39, 0.29) is 0 Å². The largest absolute Gasteiger partial charge is 0.489 e. The first kappa shape index (κ1) is 29.1. The normalized spacial score (nSPS) is 12.9. The third kappa shape index (κ3) is 4.66. The molecule has 1 aliphatic rings. The van der Waals surface area contributed by atoms with Gasteiger partial charge in [0.15, 0.2) is 0 Å². The van der Waals surface area contributed by atoms with Crippen LogP contribution in [0, 0.1) is 0 Å². The predicted molar refractivity (Wildman–Crippen MR) is 206 cm³/mol. The van der Waals surface area contributed by atoms with Crippen molar-refractivity contribution in [3.8, 4) is 45.0 Å². The fraction of sp³-hybridized carbons (Fsp3) is 0.0455. The zero-order valence-corrected chi connectivity index (χ0v) is 27.7. The van der Waals surface area contributed by atoms with Gasteiger partial charge in [0.05, 0.1) is 39.2 Å². The Morgan fingerprint density at radius 2 is 1.53 bits per heavy atom.